The third-order valence-corrected chi connectivity index (χ3v) is 7.78. The molecule has 4 aliphatic rings. The largest absolute Gasteiger partial charge is 0.439 e. The van der Waals surface area contributed by atoms with Gasteiger partial charge in [-0.25, -0.2) is 9.78 Å². The van der Waals surface area contributed by atoms with E-state index >= 15 is 0 Å². The molecule has 3 aliphatic heterocycles. The molecule has 0 unspecified atom stereocenters. The molecular formula is C22H28ClN5O2. The molecule has 2 saturated heterocycles. The Morgan fingerprint density at radius 1 is 1.20 bits per heavy atom. The zero-order chi connectivity index (χ0) is 20.3. The zero-order valence-corrected chi connectivity index (χ0v) is 17.9. The number of anilines is 1. The van der Waals surface area contributed by atoms with Crippen molar-refractivity contribution in [3.05, 3.63) is 22.5 Å². The van der Waals surface area contributed by atoms with Crippen LogP contribution in [0.3, 0.4) is 0 Å². The minimum atomic E-state index is -0.411. The number of hydrogen-bond acceptors (Lipinski definition) is 5. The number of hydrogen-bond donors (Lipinski definition) is 2. The van der Waals surface area contributed by atoms with Gasteiger partial charge in [-0.2, -0.15) is 0 Å². The van der Waals surface area contributed by atoms with Gasteiger partial charge in [0.1, 0.15) is 5.52 Å². The highest BCUT2D eigenvalue weighted by molar-refractivity contribution is 6.35. The lowest BCUT2D eigenvalue weighted by Crippen LogP contribution is -2.52. The van der Waals surface area contributed by atoms with Gasteiger partial charge in [-0.1, -0.05) is 30.9 Å². The van der Waals surface area contributed by atoms with Gasteiger partial charge in [0.2, 0.25) is 5.89 Å². The van der Waals surface area contributed by atoms with E-state index in [1.54, 1.807) is 0 Å². The highest BCUT2D eigenvalue weighted by Gasteiger charge is 2.44. The number of amides is 2. The smallest absolute Gasteiger partial charge is 0.319 e. The van der Waals surface area contributed by atoms with Gasteiger partial charge in [0.25, 0.3) is 0 Å². The topological polar surface area (TPSA) is 73.6 Å². The summed E-state index contributed by atoms with van der Waals surface area (Å²) in [5.74, 6) is 0.740. The van der Waals surface area contributed by atoms with Crippen molar-refractivity contribution in [2.75, 3.05) is 31.5 Å². The molecule has 6 rings (SSSR count). The van der Waals surface area contributed by atoms with E-state index in [0.717, 1.165) is 74.4 Å². The summed E-state index contributed by atoms with van der Waals surface area (Å²) in [6.45, 7) is 5.23. The standard InChI is InChI=1S/C22H28ClN5O2/c23-15-11-16-20(18-19(15)25-21(29)26-22(18)6-2-1-3-7-22)30-17(24-16)13-27-9-10-28-8-4-5-14(28)12-27/h11,14H,1-10,12-13H2,(H2,25,26,29)/t14-/m1/s1. The second-order valence-corrected chi connectivity index (χ2v) is 9.76. The zero-order valence-electron chi connectivity index (χ0n) is 17.2. The van der Waals surface area contributed by atoms with Gasteiger partial charge in [-0.3, -0.25) is 9.80 Å². The highest BCUT2D eigenvalue weighted by Crippen LogP contribution is 2.48. The third-order valence-electron chi connectivity index (χ3n) is 7.48. The summed E-state index contributed by atoms with van der Waals surface area (Å²) in [4.78, 5) is 22.3. The summed E-state index contributed by atoms with van der Waals surface area (Å²) in [6, 6.07) is 2.33. The predicted octanol–water partition coefficient (Wildman–Crippen LogP) is 4.06. The Morgan fingerprint density at radius 2 is 2.07 bits per heavy atom. The molecule has 160 valence electrons. The maximum Gasteiger partial charge on any atom is 0.319 e. The summed E-state index contributed by atoms with van der Waals surface area (Å²) in [7, 11) is 0. The first-order valence-corrected chi connectivity index (χ1v) is 11.7. The van der Waals surface area contributed by atoms with Crippen molar-refractivity contribution in [2.24, 2.45) is 0 Å². The molecule has 1 spiro atoms. The van der Waals surface area contributed by atoms with Crippen molar-refractivity contribution >= 4 is 34.4 Å². The van der Waals surface area contributed by atoms with E-state index in [9.17, 15) is 4.79 Å². The number of fused-ring (bicyclic) bond motifs is 5. The Kier molecular flexibility index (Phi) is 4.48. The summed E-state index contributed by atoms with van der Waals surface area (Å²) < 4.78 is 6.38. The van der Waals surface area contributed by atoms with Crippen LogP contribution < -0.4 is 10.6 Å². The fraction of sp³-hybridized carbons (Fsp3) is 0.636. The van der Waals surface area contributed by atoms with Gasteiger partial charge < -0.3 is 15.1 Å². The van der Waals surface area contributed by atoms with Crippen molar-refractivity contribution in [1.82, 2.24) is 20.1 Å². The van der Waals surface area contributed by atoms with Crippen LogP contribution in [0.15, 0.2) is 10.5 Å². The van der Waals surface area contributed by atoms with Crippen LogP contribution in [0.2, 0.25) is 5.02 Å². The SMILES string of the molecule is O=C1Nc2c(Cl)cc3nc(CN4CCN5CCC[C@@H]5C4)oc3c2C2(CCCCC2)N1. The van der Waals surface area contributed by atoms with E-state index in [1.165, 1.54) is 25.8 Å². The number of piperazine rings is 1. The molecule has 2 N–H and O–H groups in total. The van der Waals surface area contributed by atoms with Gasteiger partial charge >= 0.3 is 6.03 Å². The van der Waals surface area contributed by atoms with Crippen molar-refractivity contribution in [3.8, 4) is 0 Å². The molecule has 8 heteroatoms. The number of nitrogens with zero attached hydrogens (tertiary/aromatic N) is 3. The second kappa shape index (κ2) is 7.11. The second-order valence-electron chi connectivity index (χ2n) is 9.35. The van der Waals surface area contributed by atoms with Crippen LogP contribution in [0.5, 0.6) is 0 Å². The van der Waals surface area contributed by atoms with Crippen LogP contribution in [0.1, 0.15) is 56.4 Å². The Balaban J connectivity index is 1.37. The quantitative estimate of drug-likeness (QED) is 0.753. The average molecular weight is 430 g/mol. The van der Waals surface area contributed by atoms with E-state index in [-0.39, 0.29) is 6.03 Å². The first-order chi connectivity index (χ1) is 14.6. The molecule has 0 radical (unpaired) electrons. The summed E-state index contributed by atoms with van der Waals surface area (Å²) in [5, 5.41) is 6.67. The van der Waals surface area contributed by atoms with Crippen LogP contribution >= 0.6 is 11.6 Å². The van der Waals surface area contributed by atoms with Crippen molar-refractivity contribution in [1.29, 1.82) is 0 Å². The average Bonchev–Trinajstić information content (AvgIpc) is 3.34. The van der Waals surface area contributed by atoms with E-state index in [0.29, 0.717) is 16.8 Å². The molecule has 0 bridgehead atoms. The Labute approximate surface area is 181 Å². The van der Waals surface area contributed by atoms with E-state index in [4.69, 9.17) is 21.0 Å². The van der Waals surface area contributed by atoms with Crippen LogP contribution in [0.4, 0.5) is 10.5 Å². The fourth-order valence-electron chi connectivity index (χ4n) is 6.07. The summed E-state index contributed by atoms with van der Waals surface area (Å²) in [5.41, 5.74) is 2.83. The third kappa shape index (κ3) is 3.01. The predicted molar refractivity (Wildman–Crippen MR) is 116 cm³/mol. The first-order valence-electron chi connectivity index (χ1n) is 11.3. The molecule has 1 aliphatic carbocycles. The van der Waals surface area contributed by atoms with Gasteiger partial charge in [-0.05, 0) is 38.3 Å². The molecule has 7 nitrogen and oxygen atoms in total. The summed E-state index contributed by atoms with van der Waals surface area (Å²) >= 11 is 6.61. The Morgan fingerprint density at radius 3 is 2.93 bits per heavy atom. The van der Waals surface area contributed by atoms with Gasteiger partial charge in [-0.15, -0.1) is 0 Å². The van der Waals surface area contributed by atoms with Crippen LogP contribution in [-0.4, -0.2) is 53.0 Å². The van der Waals surface area contributed by atoms with Crippen molar-refractivity contribution in [3.63, 3.8) is 0 Å². The molecule has 1 saturated carbocycles. The Hall–Kier alpha value is -1.83. The van der Waals surface area contributed by atoms with Crippen LogP contribution in [0, 0.1) is 0 Å². The molecule has 2 amide bonds. The minimum absolute atomic E-state index is 0.181. The maximum atomic E-state index is 12.4. The lowest BCUT2D eigenvalue weighted by atomic mass is 9.74. The molecule has 1 aromatic carbocycles. The molecule has 1 aromatic heterocycles. The van der Waals surface area contributed by atoms with Crippen molar-refractivity contribution < 1.29 is 9.21 Å². The normalized spacial score (nSPS) is 26.4. The fourth-order valence-corrected chi connectivity index (χ4v) is 6.32. The van der Waals surface area contributed by atoms with Crippen LogP contribution in [0.25, 0.3) is 11.1 Å². The number of carbonyl (C=O) groups is 1. The number of urea groups is 1. The Bertz CT molecular complexity index is 999. The van der Waals surface area contributed by atoms with Crippen molar-refractivity contribution in [2.45, 2.75) is 63.1 Å². The van der Waals surface area contributed by atoms with E-state index in [2.05, 4.69) is 20.4 Å². The van der Waals surface area contributed by atoms with Gasteiger partial charge in [0.05, 0.1) is 22.8 Å². The number of carbonyl (C=O) groups excluding carboxylic acids is 1. The molecule has 30 heavy (non-hydrogen) atoms. The minimum Gasteiger partial charge on any atom is -0.439 e. The molecule has 2 aromatic rings. The molecular weight excluding hydrogens is 402 g/mol. The molecule has 1 atom stereocenters. The highest BCUT2D eigenvalue weighted by atomic mass is 35.5. The number of oxazole rings is 1. The number of rotatable bonds is 2. The van der Waals surface area contributed by atoms with Gasteiger partial charge in [0, 0.05) is 31.2 Å². The lowest BCUT2D eigenvalue weighted by Gasteiger charge is -2.42. The maximum absolute atomic E-state index is 12.4. The summed E-state index contributed by atoms with van der Waals surface area (Å²) in [6.07, 6.45) is 7.78. The van der Waals surface area contributed by atoms with E-state index < -0.39 is 5.54 Å². The number of aromatic nitrogens is 1. The van der Waals surface area contributed by atoms with Crippen LogP contribution in [-0.2, 0) is 12.1 Å². The first kappa shape index (κ1) is 18.9. The van der Waals surface area contributed by atoms with Gasteiger partial charge in [0.15, 0.2) is 5.58 Å². The molecule has 3 fully saturated rings. The number of nitrogens with one attached hydrogen (secondary N) is 2. The molecule has 4 heterocycles. The number of halogens is 1. The number of benzene rings is 1. The lowest BCUT2D eigenvalue weighted by molar-refractivity contribution is 0.0931. The van der Waals surface area contributed by atoms with E-state index in [1.807, 2.05) is 6.07 Å². The monoisotopic (exact) mass is 429 g/mol.